The number of nitrogens with one attached hydrogen (secondary N) is 1. The van der Waals surface area contributed by atoms with E-state index in [1.807, 2.05) is 4.90 Å². The van der Waals surface area contributed by atoms with Crippen LogP contribution in [0.1, 0.15) is 31.7 Å². The lowest BCUT2D eigenvalue weighted by atomic mass is 9.91. The minimum absolute atomic E-state index is 0.0236. The van der Waals surface area contributed by atoms with Gasteiger partial charge in [-0.05, 0) is 37.7 Å². The Bertz CT molecular complexity index is 1010. The van der Waals surface area contributed by atoms with Crippen molar-refractivity contribution in [3.8, 4) is 5.75 Å². The topological polar surface area (TPSA) is 108 Å². The Morgan fingerprint density at radius 3 is 2.54 bits per heavy atom. The van der Waals surface area contributed by atoms with E-state index in [9.17, 15) is 14.7 Å². The van der Waals surface area contributed by atoms with Crippen molar-refractivity contribution in [3.63, 3.8) is 0 Å². The summed E-state index contributed by atoms with van der Waals surface area (Å²) in [5.41, 5.74) is -0.593. The van der Waals surface area contributed by atoms with Gasteiger partial charge in [-0.3, -0.25) is 14.3 Å². The molecular weight excluding hydrogens is 369 g/mol. The van der Waals surface area contributed by atoms with Crippen LogP contribution in [0, 0.1) is 11.7 Å². The van der Waals surface area contributed by atoms with Crippen LogP contribution in [0.3, 0.4) is 0 Å². The van der Waals surface area contributed by atoms with E-state index < -0.39 is 23.2 Å². The molecule has 2 aromatic rings. The third kappa shape index (κ3) is 3.08. The van der Waals surface area contributed by atoms with Crippen LogP contribution >= 0.6 is 0 Å². The summed E-state index contributed by atoms with van der Waals surface area (Å²) in [6.45, 7) is 0.642. The van der Waals surface area contributed by atoms with Crippen LogP contribution in [0.5, 0.6) is 5.75 Å². The number of aliphatic hydroxyl groups excluding tert-OH is 2. The van der Waals surface area contributed by atoms with Crippen LogP contribution in [-0.2, 0) is 0 Å². The number of halogens is 1. The molecule has 28 heavy (non-hydrogen) atoms. The predicted octanol–water partition coefficient (Wildman–Crippen LogP) is 0.742. The molecule has 0 amide bonds. The second-order valence-electron chi connectivity index (χ2n) is 7.57. The van der Waals surface area contributed by atoms with Crippen LogP contribution < -0.4 is 20.9 Å². The van der Waals surface area contributed by atoms with Gasteiger partial charge in [0, 0.05) is 19.1 Å². The van der Waals surface area contributed by atoms with Crippen molar-refractivity contribution in [3.05, 3.63) is 32.7 Å². The molecule has 1 atom stereocenters. The van der Waals surface area contributed by atoms with Crippen molar-refractivity contribution in [2.45, 2.75) is 37.8 Å². The number of benzene rings is 1. The van der Waals surface area contributed by atoms with E-state index in [1.165, 1.54) is 17.7 Å². The summed E-state index contributed by atoms with van der Waals surface area (Å²) in [5.74, 6) is -0.452. The fourth-order valence-corrected chi connectivity index (χ4v) is 4.17. The fraction of sp³-hybridized carbons (Fsp3) is 0.579. The standard InChI is InChI=1S/C19H24FN3O5/c1-28-17-15-12(18(26)21-19(27)23(15)11-2-3-11)8-13(20)16(17)22-6-4-10(5-7-22)14(25)9-24/h8,10-11,14,24-25H,2-7,9H2,1H3,(H,21,26,27). The molecule has 1 unspecified atom stereocenters. The predicted molar refractivity (Wildman–Crippen MR) is 102 cm³/mol. The second-order valence-corrected chi connectivity index (χ2v) is 7.57. The Morgan fingerprint density at radius 2 is 1.96 bits per heavy atom. The largest absolute Gasteiger partial charge is 0.492 e. The molecule has 2 heterocycles. The van der Waals surface area contributed by atoms with Gasteiger partial charge >= 0.3 is 5.69 Å². The molecule has 9 heteroatoms. The van der Waals surface area contributed by atoms with Gasteiger partial charge in [0.15, 0.2) is 11.6 Å². The van der Waals surface area contributed by atoms with Gasteiger partial charge in [0.25, 0.3) is 5.56 Å². The first-order valence-corrected chi connectivity index (χ1v) is 9.55. The van der Waals surface area contributed by atoms with Crippen molar-refractivity contribution in [1.82, 2.24) is 9.55 Å². The zero-order chi connectivity index (χ0) is 20.0. The maximum Gasteiger partial charge on any atom is 0.329 e. The van der Waals surface area contributed by atoms with Crippen molar-refractivity contribution in [2.24, 2.45) is 5.92 Å². The summed E-state index contributed by atoms with van der Waals surface area (Å²) in [6.07, 6.45) is 2.03. The Morgan fingerprint density at radius 1 is 1.29 bits per heavy atom. The van der Waals surface area contributed by atoms with E-state index in [4.69, 9.17) is 9.84 Å². The third-order valence-corrected chi connectivity index (χ3v) is 5.81. The van der Waals surface area contributed by atoms with Crippen LogP contribution in [0.15, 0.2) is 15.7 Å². The number of fused-ring (bicyclic) bond motifs is 1. The summed E-state index contributed by atoms with van der Waals surface area (Å²) in [4.78, 5) is 28.8. The number of rotatable bonds is 5. The highest BCUT2D eigenvalue weighted by Gasteiger charge is 2.33. The molecule has 1 aromatic carbocycles. The number of hydrogen-bond donors (Lipinski definition) is 3. The fourth-order valence-electron chi connectivity index (χ4n) is 4.17. The number of ether oxygens (including phenoxy) is 1. The van der Waals surface area contributed by atoms with E-state index in [0.717, 1.165) is 12.8 Å². The average molecular weight is 393 g/mol. The lowest BCUT2D eigenvalue weighted by molar-refractivity contribution is 0.0376. The Balaban J connectivity index is 1.84. The first kappa shape index (κ1) is 18.9. The number of aliphatic hydroxyl groups is 2. The highest BCUT2D eigenvalue weighted by Crippen LogP contribution is 2.43. The Kier molecular flexibility index (Phi) is 4.88. The number of hydrogen-bond acceptors (Lipinski definition) is 6. The molecule has 2 aliphatic rings. The summed E-state index contributed by atoms with van der Waals surface area (Å²) in [7, 11) is 1.41. The number of piperidine rings is 1. The first-order valence-electron chi connectivity index (χ1n) is 9.55. The number of aromatic amines is 1. The van der Waals surface area contributed by atoms with Crippen LogP contribution in [-0.4, -0.2) is 52.7 Å². The van der Waals surface area contributed by atoms with Crippen LogP contribution in [0.25, 0.3) is 10.9 Å². The lowest BCUT2D eigenvalue weighted by Gasteiger charge is -2.36. The van der Waals surface area contributed by atoms with E-state index in [2.05, 4.69) is 4.98 Å². The monoisotopic (exact) mass is 393 g/mol. The Labute approximate surface area is 160 Å². The molecule has 1 aliphatic carbocycles. The van der Waals surface area contributed by atoms with E-state index >= 15 is 4.39 Å². The molecule has 4 rings (SSSR count). The number of anilines is 1. The molecule has 1 aliphatic heterocycles. The second kappa shape index (κ2) is 7.21. The number of H-pyrrole nitrogens is 1. The molecular formula is C19H24FN3O5. The zero-order valence-corrected chi connectivity index (χ0v) is 15.7. The van der Waals surface area contributed by atoms with E-state index in [0.29, 0.717) is 31.4 Å². The highest BCUT2D eigenvalue weighted by atomic mass is 19.1. The highest BCUT2D eigenvalue weighted by molar-refractivity contribution is 5.91. The van der Waals surface area contributed by atoms with Gasteiger partial charge in [0.2, 0.25) is 0 Å². The van der Waals surface area contributed by atoms with E-state index in [1.54, 1.807) is 0 Å². The number of methoxy groups -OCH3 is 1. The molecule has 1 aromatic heterocycles. The van der Waals surface area contributed by atoms with Gasteiger partial charge in [0.05, 0.1) is 25.2 Å². The zero-order valence-electron chi connectivity index (χ0n) is 15.7. The minimum Gasteiger partial charge on any atom is -0.492 e. The molecule has 152 valence electrons. The summed E-state index contributed by atoms with van der Waals surface area (Å²) in [5, 5.41) is 19.1. The van der Waals surface area contributed by atoms with Crippen molar-refractivity contribution in [1.29, 1.82) is 0 Å². The molecule has 1 saturated heterocycles. The normalized spacial score (nSPS) is 19.2. The van der Waals surface area contributed by atoms with Gasteiger partial charge in [-0.15, -0.1) is 0 Å². The molecule has 3 N–H and O–H groups in total. The summed E-state index contributed by atoms with van der Waals surface area (Å²) >= 11 is 0. The van der Waals surface area contributed by atoms with E-state index in [-0.39, 0.29) is 35.4 Å². The van der Waals surface area contributed by atoms with Gasteiger partial charge in [-0.1, -0.05) is 0 Å². The molecule has 0 spiro atoms. The number of nitrogens with zero attached hydrogens (tertiary/aromatic N) is 2. The number of aromatic nitrogens is 2. The molecule has 0 radical (unpaired) electrons. The smallest absolute Gasteiger partial charge is 0.329 e. The van der Waals surface area contributed by atoms with Gasteiger partial charge in [-0.2, -0.15) is 0 Å². The molecule has 0 bridgehead atoms. The minimum atomic E-state index is -0.788. The molecule has 1 saturated carbocycles. The third-order valence-electron chi connectivity index (χ3n) is 5.81. The maximum absolute atomic E-state index is 15.1. The van der Waals surface area contributed by atoms with Crippen LogP contribution in [0.4, 0.5) is 10.1 Å². The molecule has 8 nitrogen and oxygen atoms in total. The quantitative estimate of drug-likeness (QED) is 0.692. The van der Waals surface area contributed by atoms with Crippen molar-refractivity contribution < 1.29 is 19.3 Å². The lowest BCUT2D eigenvalue weighted by Crippen LogP contribution is -2.39. The van der Waals surface area contributed by atoms with Gasteiger partial charge < -0.3 is 19.8 Å². The average Bonchev–Trinajstić information content (AvgIpc) is 3.52. The van der Waals surface area contributed by atoms with Crippen LogP contribution in [0.2, 0.25) is 0 Å². The summed E-state index contributed by atoms with van der Waals surface area (Å²) < 4.78 is 22.1. The maximum atomic E-state index is 15.1. The van der Waals surface area contributed by atoms with Crippen molar-refractivity contribution in [2.75, 3.05) is 31.7 Å². The SMILES string of the molecule is COc1c(N2CCC(C(O)CO)CC2)c(F)cc2c(=O)[nH]c(=O)n(C3CC3)c12. The Hall–Kier alpha value is -2.39. The molecule has 2 fully saturated rings. The summed E-state index contributed by atoms with van der Waals surface area (Å²) in [6, 6.07) is 1.14. The van der Waals surface area contributed by atoms with Gasteiger partial charge in [0.1, 0.15) is 11.2 Å². The first-order chi connectivity index (χ1) is 13.5. The van der Waals surface area contributed by atoms with Crippen molar-refractivity contribution >= 4 is 16.6 Å². The van der Waals surface area contributed by atoms with Gasteiger partial charge in [-0.25, -0.2) is 9.18 Å².